The van der Waals surface area contributed by atoms with Gasteiger partial charge in [-0.25, -0.2) is 9.58 Å². The average Bonchev–Trinajstić information content (AvgIpc) is 3.59. The molecule has 4 heterocycles. The van der Waals surface area contributed by atoms with E-state index in [1.54, 1.807) is 59.4 Å². The van der Waals surface area contributed by atoms with Crippen molar-refractivity contribution in [1.29, 1.82) is 0 Å². The van der Waals surface area contributed by atoms with Crippen molar-refractivity contribution in [3.05, 3.63) is 98.1 Å². The Morgan fingerprint density at radius 2 is 1.68 bits per heavy atom. The summed E-state index contributed by atoms with van der Waals surface area (Å²) in [5.74, 6) is -0.479. The minimum absolute atomic E-state index is 0.0120. The van der Waals surface area contributed by atoms with Crippen molar-refractivity contribution in [2.24, 2.45) is 0 Å². The van der Waals surface area contributed by atoms with E-state index in [2.05, 4.69) is 5.10 Å². The van der Waals surface area contributed by atoms with Crippen molar-refractivity contribution in [3.63, 3.8) is 0 Å². The van der Waals surface area contributed by atoms with E-state index in [1.807, 2.05) is 26.8 Å². The van der Waals surface area contributed by atoms with Crippen molar-refractivity contribution in [3.8, 4) is 17.2 Å². The molecule has 0 aliphatic carbocycles. The van der Waals surface area contributed by atoms with E-state index < -0.39 is 17.4 Å². The quantitative estimate of drug-likeness (QED) is 0.270. The number of amides is 2. The highest BCUT2D eigenvalue weighted by atomic mass is 35.5. The molecule has 0 saturated heterocycles. The summed E-state index contributed by atoms with van der Waals surface area (Å²) in [7, 11) is 0. The molecule has 40 heavy (non-hydrogen) atoms. The Balaban J connectivity index is 1.60. The fourth-order valence-electron chi connectivity index (χ4n) is 4.89. The zero-order chi connectivity index (χ0) is 28.3. The third kappa shape index (κ3) is 4.09. The third-order valence-corrected chi connectivity index (χ3v) is 7.53. The number of aromatic nitrogens is 3. The molecule has 2 aromatic carbocycles. The standard InChI is InChI=1S/C29H22Cl2N4O5/c1-15(2)25-23(28(37)35(32-25)18-6-8-19(30)20(31)11-18)24-26(33-10-4-5-16(3)13-33)29(38)34(27(24)36)17-7-9-21-22(12-17)40-14-39-21/h4-13,15H,14H2,1-3H3/p+1. The molecule has 2 aliphatic heterocycles. The van der Waals surface area contributed by atoms with Crippen LogP contribution >= 0.6 is 23.2 Å². The Morgan fingerprint density at radius 3 is 2.40 bits per heavy atom. The van der Waals surface area contributed by atoms with Gasteiger partial charge in [0.05, 0.1) is 27.0 Å². The lowest BCUT2D eigenvalue weighted by atomic mass is 9.98. The second kappa shape index (κ2) is 9.69. The number of nitrogens with one attached hydrogen (secondary N) is 1. The number of carbonyl (C=O) groups is 2. The molecule has 2 amide bonds. The molecule has 0 atom stereocenters. The van der Waals surface area contributed by atoms with Crippen LogP contribution in [0.3, 0.4) is 0 Å². The van der Waals surface area contributed by atoms with Crippen LogP contribution in [0.15, 0.2) is 65.7 Å². The van der Waals surface area contributed by atoms with Crippen molar-refractivity contribution in [2.75, 3.05) is 11.7 Å². The maximum atomic E-state index is 14.2. The number of pyridine rings is 1. The third-order valence-electron chi connectivity index (χ3n) is 6.79. The van der Waals surface area contributed by atoms with Gasteiger partial charge in [0.2, 0.25) is 6.79 Å². The molecule has 0 radical (unpaired) electrons. The molecule has 1 N–H and O–H groups in total. The lowest BCUT2D eigenvalue weighted by Crippen LogP contribution is -2.39. The van der Waals surface area contributed by atoms with Gasteiger partial charge >= 0.3 is 5.91 Å². The SMILES string of the molecule is Cc1ccc[n+](C2=C(c3c(C(C)C)[nH]n(-c4ccc(Cl)c(Cl)c4)c3=O)C(=O)N(c3ccc4c(c3)OCO4)C2=O)c1. The minimum atomic E-state index is -0.632. The molecule has 2 aromatic heterocycles. The smallest absolute Gasteiger partial charge is 0.331 e. The van der Waals surface area contributed by atoms with Gasteiger partial charge in [-0.3, -0.25) is 19.5 Å². The fraction of sp³-hybridized carbons (Fsp3) is 0.172. The number of halogens is 2. The summed E-state index contributed by atoms with van der Waals surface area (Å²) in [5, 5.41) is 3.74. The molecule has 0 spiro atoms. The highest BCUT2D eigenvalue weighted by molar-refractivity contribution is 6.53. The molecule has 0 bridgehead atoms. The summed E-state index contributed by atoms with van der Waals surface area (Å²) >= 11 is 12.3. The number of ether oxygens (including phenoxy) is 2. The first kappa shape index (κ1) is 25.9. The van der Waals surface area contributed by atoms with Crippen LogP contribution in [0.1, 0.15) is 36.6 Å². The Kier molecular flexibility index (Phi) is 6.28. The predicted molar refractivity (Wildman–Crippen MR) is 150 cm³/mol. The van der Waals surface area contributed by atoms with Crippen LogP contribution in [-0.4, -0.2) is 28.4 Å². The summed E-state index contributed by atoms with van der Waals surface area (Å²) in [6.45, 7) is 5.71. The van der Waals surface area contributed by atoms with Gasteiger partial charge < -0.3 is 9.47 Å². The predicted octanol–water partition coefficient (Wildman–Crippen LogP) is 4.86. The molecule has 9 nitrogen and oxygen atoms in total. The topological polar surface area (TPSA) is 97.5 Å². The van der Waals surface area contributed by atoms with E-state index in [0.29, 0.717) is 33.6 Å². The van der Waals surface area contributed by atoms with Gasteiger partial charge in [0, 0.05) is 23.4 Å². The zero-order valence-corrected chi connectivity index (χ0v) is 23.2. The van der Waals surface area contributed by atoms with Crippen molar-refractivity contribution < 1.29 is 23.6 Å². The molecule has 6 rings (SSSR count). The van der Waals surface area contributed by atoms with Crippen molar-refractivity contribution in [1.82, 2.24) is 9.78 Å². The molecule has 0 fully saturated rings. The van der Waals surface area contributed by atoms with Gasteiger partial charge in [0.15, 0.2) is 23.9 Å². The Hall–Kier alpha value is -4.34. The minimum Gasteiger partial charge on any atom is -0.454 e. The number of hydrogen-bond acceptors (Lipinski definition) is 5. The van der Waals surface area contributed by atoms with Gasteiger partial charge in [-0.2, -0.15) is 4.57 Å². The van der Waals surface area contributed by atoms with Gasteiger partial charge in [0.25, 0.3) is 17.2 Å². The summed E-state index contributed by atoms with van der Waals surface area (Å²) in [6, 6.07) is 13.3. The fourth-order valence-corrected chi connectivity index (χ4v) is 5.19. The average molecular weight is 578 g/mol. The monoisotopic (exact) mass is 577 g/mol. The number of aromatic amines is 1. The first-order chi connectivity index (χ1) is 19.2. The molecular formula is C29H23Cl2N4O5+. The molecule has 0 unspecified atom stereocenters. The Labute approximate surface area is 238 Å². The number of hydrogen-bond donors (Lipinski definition) is 1. The zero-order valence-electron chi connectivity index (χ0n) is 21.7. The lowest BCUT2D eigenvalue weighted by molar-refractivity contribution is -0.577. The number of anilines is 1. The van der Waals surface area contributed by atoms with Crippen LogP contribution in [0, 0.1) is 6.92 Å². The number of carbonyl (C=O) groups excluding carboxylic acids is 2. The van der Waals surface area contributed by atoms with Crippen LogP contribution in [-0.2, 0) is 9.59 Å². The van der Waals surface area contributed by atoms with Crippen LogP contribution in [0.25, 0.3) is 17.0 Å². The van der Waals surface area contributed by atoms with Gasteiger partial charge in [-0.1, -0.05) is 37.0 Å². The highest BCUT2D eigenvalue weighted by Gasteiger charge is 2.48. The maximum Gasteiger partial charge on any atom is 0.331 e. The number of rotatable bonds is 5. The van der Waals surface area contributed by atoms with E-state index in [0.717, 1.165) is 10.5 Å². The van der Waals surface area contributed by atoms with Crippen molar-refractivity contribution >= 4 is 52.0 Å². The Morgan fingerprint density at radius 1 is 0.925 bits per heavy atom. The van der Waals surface area contributed by atoms with E-state index in [1.165, 1.54) is 4.68 Å². The van der Waals surface area contributed by atoms with Gasteiger partial charge in [-0.05, 0) is 49.2 Å². The molecule has 0 saturated carbocycles. The first-order valence-electron chi connectivity index (χ1n) is 12.5. The number of fused-ring (bicyclic) bond motifs is 1. The summed E-state index contributed by atoms with van der Waals surface area (Å²) in [5.41, 5.74) is 1.73. The van der Waals surface area contributed by atoms with Crippen LogP contribution in [0.2, 0.25) is 10.0 Å². The van der Waals surface area contributed by atoms with Crippen LogP contribution in [0.4, 0.5) is 5.69 Å². The van der Waals surface area contributed by atoms with E-state index >= 15 is 0 Å². The van der Waals surface area contributed by atoms with E-state index in [4.69, 9.17) is 32.7 Å². The second-order valence-corrected chi connectivity index (χ2v) is 10.6. The highest BCUT2D eigenvalue weighted by Crippen LogP contribution is 2.40. The normalized spacial score (nSPS) is 14.7. The number of H-pyrrole nitrogens is 1. The van der Waals surface area contributed by atoms with Gasteiger partial charge in [-0.15, -0.1) is 0 Å². The number of imide groups is 1. The van der Waals surface area contributed by atoms with Crippen LogP contribution < -0.4 is 24.5 Å². The molecule has 2 aliphatic rings. The summed E-state index contributed by atoms with van der Waals surface area (Å²) < 4.78 is 13.8. The molecule has 11 heteroatoms. The van der Waals surface area contributed by atoms with Crippen LogP contribution in [0.5, 0.6) is 11.5 Å². The van der Waals surface area contributed by atoms with Gasteiger partial charge in [0.1, 0.15) is 5.57 Å². The molecular weight excluding hydrogens is 555 g/mol. The maximum absolute atomic E-state index is 14.2. The number of benzene rings is 2. The van der Waals surface area contributed by atoms with E-state index in [9.17, 15) is 14.4 Å². The number of nitrogens with zero attached hydrogens (tertiary/aromatic N) is 3. The summed E-state index contributed by atoms with van der Waals surface area (Å²) in [4.78, 5) is 43.4. The second-order valence-electron chi connectivity index (χ2n) is 9.79. The number of aryl methyl sites for hydroxylation is 1. The lowest BCUT2D eigenvalue weighted by Gasteiger charge is -2.14. The van der Waals surface area contributed by atoms with Crippen molar-refractivity contribution in [2.45, 2.75) is 26.7 Å². The largest absolute Gasteiger partial charge is 0.454 e. The Bertz CT molecular complexity index is 1820. The molecule has 202 valence electrons. The first-order valence-corrected chi connectivity index (χ1v) is 13.2. The van der Waals surface area contributed by atoms with E-state index in [-0.39, 0.29) is 34.6 Å². The molecule has 4 aromatic rings. The summed E-state index contributed by atoms with van der Waals surface area (Å²) in [6.07, 6.45) is 3.42.